The van der Waals surface area contributed by atoms with E-state index >= 15 is 0 Å². The lowest BCUT2D eigenvalue weighted by Crippen LogP contribution is -2.54. The second-order valence-corrected chi connectivity index (χ2v) is 10.5. The third-order valence-electron chi connectivity index (χ3n) is 7.43. The minimum atomic E-state index is -1.51. The predicted octanol–water partition coefficient (Wildman–Crippen LogP) is 1.93. The number of likely N-dealkylation sites (N-methyl/N-ethyl adjacent to an activating group) is 1. The van der Waals surface area contributed by atoms with Gasteiger partial charge in [-0.25, -0.2) is 4.79 Å². The summed E-state index contributed by atoms with van der Waals surface area (Å²) in [5, 5.41) is 29.0. The SMILES string of the molecule is CCN(CC(=O)NC(CC(=O)O)C(=O)NC(Cc1ccc2ccccc2c1)C(=O)O)C(=O)CCCC1CCNCC1. The van der Waals surface area contributed by atoms with Crippen LogP contribution in [-0.4, -0.2) is 83.0 Å². The van der Waals surface area contributed by atoms with Crippen molar-refractivity contribution < 1.29 is 34.2 Å². The maximum atomic E-state index is 13.0. The molecular weight excluding hydrogens is 528 g/mol. The molecule has 3 rings (SSSR count). The molecule has 0 spiro atoms. The highest BCUT2D eigenvalue weighted by Crippen LogP contribution is 2.19. The highest BCUT2D eigenvalue weighted by molar-refractivity contribution is 5.94. The molecule has 11 heteroatoms. The average molecular weight is 569 g/mol. The number of carboxylic acid groups (broad SMARTS) is 2. The van der Waals surface area contributed by atoms with Crippen LogP contribution in [-0.2, 0) is 30.4 Å². The average Bonchev–Trinajstić information content (AvgIpc) is 2.95. The molecule has 11 nitrogen and oxygen atoms in total. The van der Waals surface area contributed by atoms with Crippen molar-refractivity contribution in [1.29, 1.82) is 0 Å². The van der Waals surface area contributed by atoms with E-state index in [9.17, 15) is 34.2 Å². The van der Waals surface area contributed by atoms with Crippen LogP contribution in [0.5, 0.6) is 0 Å². The first-order valence-electron chi connectivity index (χ1n) is 14.2. The molecule has 2 aromatic rings. The van der Waals surface area contributed by atoms with Crippen LogP contribution in [0.15, 0.2) is 42.5 Å². The Morgan fingerprint density at radius 2 is 1.68 bits per heavy atom. The maximum absolute atomic E-state index is 13.0. The van der Waals surface area contributed by atoms with Gasteiger partial charge in [0, 0.05) is 19.4 Å². The van der Waals surface area contributed by atoms with Crippen LogP contribution in [0.1, 0.15) is 51.0 Å². The van der Waals surface area contributed by atoms with Gasteiger partial charge in [0.25, 0.3) is 0 Å². The second kappa shape index (κ2) is 15.7. The number of nitrogens with zero attached hydrogens (tertiary/aromatic N) is 1. The number of fused-ring (bicyclic) bond motifs is 1. The summed E-state index contributed by atoms with van der Waals surface area (Å²) in [6, 6.07) is 10.2. The zero-order chi connectivity index (χ0) is 29.8. The van der Waals surface area contributed by atoms with E-state index in [-0.39, 0.29) is 25.4 Å². The number of hydrogen-bond donors (Lipinski definition) is 5. The summed E-state index contributed by atoms with van der Waals surface area (Å²) in [4.78, 5) is 63.2. The highest BCUT2D eigenvalue weighted by atomic mass is 16.4. The lowest BCUT2D eigenvalue weighted by Gasteiger charge is -2.25. The normalized spacial score (nSPS) is 15.0. The molecule has 2 atom stereocenters. The molecule has 41 heavy (non-hydrogen) atoms. The number of nitrogens with one attached hydrogen (secondary N) is 3. The van der Waals surface area contributed by atoms with Crippen molar-refractivity contribution in [2.45, 2.75) is 64.0 Å². The van der Waals surface area contributed by atoms with Gasteiger partial charge in [-0.05, 0) is 68.0 Å². The summed E-state index contributed by atoms with van der Waals surface area (Å²) >= 11 is 0. The molecular formula is C30H40N4O7. The van der Waals surface area contributed by atoms with Crippen molar-refractivity contribution in [3.63, 3.8) is 0 Å². The molecule has 1 saturated heterocycles. The Labute approximate surface area is 239 Å². The predicted molar refractivity (Wildman–Crippen MR) is 153 cm³/mol. The van der Waals surface area contributed by atoms with Crippen molar-refractivity contribution in [3.05, 3.63) is 48.0 Å². The largest absolute Gasteiger partial charge is 0.481 e. The van der Waals surface area contributed by atoms with Crippen LogP contribution >= 0.6 is 0 Å². The number of aliphatic carboxylic acids is 2. The lowest BCUT2D eigenvalue weighted by molar-refractivity contribution is -0.144. The van der Waals surface area contributed by atoms with Crippen molar-refractivity contribution in [1.82, 2.24) is 20.9 Å². The molecule has 0 saturated carbocycles. The fraction of sp³-hybridized carbons (Fsp3) is 0.500. The Bertz CT molecular complexity index is 1230. The van der Waals surface area contributed by atoms with Crippen LogP contribution in [0.25, 0.3) is 10.8 Å². The Morgan fingerprint density at radius 3 is 2.34 bits per heavy atom. The van der Waals surface area contributed by atoms with E-state index in [1.54, 1.807) is 13.0 Å². The molecule has 2 aromatic carbocycles. The molecule has 1 heterocycles. The van der Waals surface area contributed by atoms with E-state index < -0.39 is 42.3 Å². The lowest BCUT2D eigenvalue weighted by atomic mass is 9.92. The molecule has 5 N–H and O–H groups in total. The van der Waals surface area contributed by atoms with Crippen molar-refractivity contribution >= 4 is 40.4 Å². The number of rotatable bonds is 15. The van der Waals surface area contributed by atoms with Gasteiger partial charge in [-0.2, -0.15) is 0 Å². The monoisotopic (exact) mass is 568 g/mol. The van der Waals surface area contributed by atoms with Gasteiger partial charge >= 0.3 is 11.9 Å². The summed E-state index contributed by atoms with van der Waals surface area (Å²) in [7, 11) is 0. The van der Waals surface area contributed by atoms with Crippen LogP contribution in [0, 0.1) is 5.92 Å². The molecule has 1 fully saturated rings. The van der Waals surface area contributed by atoms with Gasteiger partial charge in [0.1, 0.15) is 12.1 Å². The van der Waals surface area contributed by atoms with Gasteiger partial charge < -0.3 is 31.1 Å². The maximum Gasteiger partial charge on any atom is 0.326 e. The smallest absolute Gasteiger partial charge is 0.326 e. The fourth-order valence-corrected chi connectivity index (χ4v) is 5.12. The number of hydrogen-bond acceptors (Lipinski definition) is 6. The van der Waals surface area contributed by atoms with E-state index in [4.69, 9.17) is 0 Å². The molecule has 2 unspecified atom stereocenters. The van der Waals surface area contributed by atoms with E-state index in [1.807, 2.05) is 36.4 Å². The Morgan fingerprint density at radius 1 is 0.976 bits per heavy atom. The quantitative estimate of drug-likeness (QED) is 0.217. The van der Waals surface area contributed by atoms with Crippen molar-refractivity contribution in [2.24, 2.45) is 5.92 Å². The number of benzene rings is 2. The van der Waals surface area contributed by atoms with Crippen LogP contribution in [0.2, 0.25) is 0 Å². The summed E-state index contributed by atoms with van der Waals surface area (Å²) in [6.07, 6.45) is 3.38. The summed E-state index contributed by atoms with van der Waals surface area (Å²) < 4.78 is 0. The van der Waals surface area contributed by atoms with E-state index in [2.05, 4.69) is 16.0 Å². The first kappa shape index (κ1) is 31.5. The summed E-state index contributed by atoms with van der Waals surface area (Å²) in [6.45, 7) is 3.67. The van der Waals surface area contributed by atoms with Gasteiger partial charge in [-0.3, -0.25) is 19.2 Å². The topological polar surface area (TPSA) is 165 Å². The highest BCUT2D eigenvalue weighted by Gasteiger charge is 2.29. The van der Waals surface area contributed by atoms with Gasteiger partial charge in [-0.1, -0.05) is 42.5 Å². The first-order chi connectivity index (χ1) is 19.7. The molecule has 222 valence electrons. The van der Waals surface area contributed by atoms with Crippen LogP contribution in [0.3, 0.4) is 0 Å². The number of carbonyl (C=O) groups excluding carboxylic acids is 3. The molecule has 0 bridgehead atoms. The van der Waals surface area contributed by atoms with Crippen molar-refractivity contribution in [2.75, 3.05) is 26.2 Å². The van der Waals surface area contributed by atoms with Gasteiger partial charge in [0.2, 0.25) is 17.7 Å². The van der Waals surface area contributed by atoms with Gasteiger partial charge in [0.15, 0.2) is 0 Å². The molecule has 3 amide bonds. The summed E-state index contributed by atoms with van der Waals surface area (Å²) in [5.74, 6) is -3.84. The Balaban J connectivity index is 1.57. The number of piperidine rings is 1. The first-order valence-corrected chi connectivity index (χ1v) is 14.2. The third-order valence-corrected chi connectivity index (χ3v) is 7.43. The standard InChI is InChI=1S/C30H40N4O7/c1-2-34(27(36)9-5-6-20-12-14-31-15-13-20)19-26(35)32-24(18-28(37)38)29(39)33-25(30(40)41)17-21-10-11-22-7-3-4-8-23(22)16-21/h3-4,7-8,10-11,16,20,24-25,31H,2,5-6,9,12-15,17-19H2,1H3,(H,32,35)(H,33,39)(H,37,38)(H,40,41). The number of amides is 3. The zero-order valence-corrected chi connectivity index (χ0v) is 23.4. The fourth-order valence-electron chi connectivity index (χ4n) is 5.12. The number of carboxylic acids is 2. The molecule has 0 radical (unpaired) electrons. The molecule has 0 aromatic heterocycles. The van der Waals surface area contributed by atoms with Gasteiger partial charge in [-0.15, -0.1) is 0 Å². The van der Waals surface area contributed by atoms with Crippen molar-refractivity contribution in [3.8, 4) is 0 Å². The van der Waals surface area contributed by atoms with E-state index in [0.717, 1.165) is 49.5 Å². The zero-order valence-electron chi connectivity index (χ0n) is 23.4. The second-order valence-electron chi connectivity index (χ2n) is 10.5. The minimum Gasteiger partial charge on any atom is -0.481 e. The van der Waals surface area contributed by atoms with Crippen LogP contribution < -0.4 is 16.0 Å². The Kier molecular flexibility index (Phi) is 12.1. The van der Waals surface area contributed by atoms with Crippen LogP contribution in [0.4, 0.5) is 0 Å². The number of carbonyl (C=O) groups is 5. The van der Waals surface area contributed by atoms with E-state index in [0.29, 0.717) is 17.9 Å². The molecule has 1 aliphatic rings. The molecule has 0 aliphatic carbocycles. The van der Waals surface area contributed by atoms with E-state index in [1.165, 1.54) is 4.90 Å². The third kappa shape index (κ3) is 10.2. The molecule has 1 aliphatic heterocycles. The Hall–Kier alpha value is -3.99. The minimum absolute atomic E-state index is 0.0326. The van der Waals surface area contributed by atoms with Gasteiger partial charge in [0.05, 0.1) is 13.0 Å². The summed E-state index contributed by atoms with van der Waals surface area (Å²) in [5.41, 5.74) is 0.674.